The van der Waals surface area contributed by atoms with Crippen molar-refractivity contribution in [3.63, 3.8) is 0 Å². The van der Waals surface area contributed by atoms with Crippen molar-refractivity contribution in [2.24, 2.45) is 11.7 Å². The Morgan fingerprint density at radius 2 is 2.04 bits per heavy atom. The Bertz CT molecular complexity index is 835. The minimum Gasteiger partial charge on any atom is -0.486 e. The van der Waals surface area contributed by atoms with E-state index in [2.05, 4.69) is 15.6 Å². The van der Waals surface area contributed by atoms with Crippen LogP contribution in [0.25, 0.3) is 5.69 Å². The van der Waals surface area contributed by atoms with Gasteiger partial charge in [0.1, 0.15) is 13.2 Å². The van der Waals surface area contributed by atoms with E-state index in [1.165, 1.54) is 6.42 Å². The fourth-order valence-electron chi connectivity index (χ4n) is 3.86. The first kappa shape index (κ1) is 17.8. The Morgan fingerprint density at radius 3 is 2.85 bits per heavy atom. The number of nitrogens with zero attached hydrogens (tertiary/aromatic N) is 3. The van der Waals surface area contributed by atoms with Gasteiger partial charge in [-0.1, -0.05) is 18.1 Å². The third-order valence-electron chi connectivity index (χ3n) is 5.41. The molecule has 4 rings (SSSR count). The van der Waals surface area contributed by atoms with Crippen molar-refractivity contribution < 1.29 is 14.3 Å². The van der Waals surface area contributed by atoms with E-state index in [0.717, 1.165) is 24.9 Å². The molecule has 1 saturated carbocycles. The maximum Gasteiger partial charge on any atom is 0.273 e. The first-order valence-corrected chi connectivity index (χ1v) is 9.50. The Kier molecular flexibility index (Phi) is 4.98. The normalized spacial score (nSPS) is 21.7. The topological polar surface area (TPSA) is 104 Å². The molecule has 0 spiro atoms. The summed E-state index contributed by atoms with van der Waals surface area (Å²) >= 11 is 0. The number of nitrogens with one attached hydrogen (secondary N) is 1. The lowest BCUT2D eigenvalue weighted by Crippen LogP contribution is -2.45. The molecule has 1 aliphatic heterocycles. The van der Waals surface area contributed by atoms with Crippen LogP contribution < -0.4 is 20.5 Å². The number of nitrogens with two attached hydrogens (primary N) is 1. The molecule has 1 aliphatic carbocycles. The minimum absolute atomic E-state index is 0.107. The number of fused-ring (bicyclic) bond motifs is 1. The number of hydrogen-bond donors (Lipinski definition) is 2. The van der Waals surface area contributed by atoms with Crippen molar-refractivity contribution in [2.45, 2.75) is 38.6 Å². The molecule has 144 valence electrons. The maximum atomic E-state index is 12.8. The average molecular weight is 371 g/mol. The number of ether oxygens (including phenoxy) is 2. The van der Waals surface area contributed by atoms with Gasteiger partial charge in [0.2, 0.25) is 0 Å². The number of carbonyl (C=O) groups excluding carboxylic acids is 1. The van der Waals surface area contributed by atoms with Crippen molar-refractivity contribution in [1.29, 1.82) is 0 Å². The summed E-state index contributed by atoms with van der Waals surface area (Å²) in [6.07, 6.45) is 4.31. The third-order valence-corrected chi connectivity index (χ3v) is 5.41. The molecule has 8 heteroatoms. The predicted molar refractivity (Wildman–Crippen MR) is 99.4 cm³/mol. The first-order valence-electron chi connectivity index (χ1n) is 9.50. The van der Waals surface area contributed by atoms with E-state index < -0.39 is 0 Å². The summed E-state index contributed by atoms with van der Waals surface area (Å²) in [6, 6.07) is 5.68. The molecule has 1 aromatic carbocycles. The molecule has 2 atom stereocenters. The molecule has 8 nitrogen and oxygen atoms in total. The SMILES string of the molecule is Cc1c(C(=O)NC2CCCCC2CN)nnn1-c1ccc2c(c1)OCCO2. The van der Waals surface area contributed by atoms with Gasteiger partial charge in [-0.25, -0.2) is 4.68 Å². The number of aromatic nitrogens is 3. The summed E-state index contributed by atoms with van der Waals surface area (Å²) in [5, 5.41) is 11.4. The molecule has 0 saturated heterocycles. The Morgan fingerprint density at radius 1 is 1.26 bits per heavy atom. The highest BCUT2D eigenvalue weighted by Gasteiger charge is 2.27. The highest BCUT2D eigenvalue weighted by Crippen LogP contribution is 2.32. The largest absolute Gasteiger partial charge is 0.486 e. The molecule has 2 aliphatic rings. The fraction of sp³-hybridized carbons (Fsp3) is 0.526. The van der Waals surface area contributed by atoms with Gasteiger partial charge in [-0.2, -0.15) is 0 Å². The predicted octanol–water partition coefficient (Wildman–Crippen LogP) is 1.59. The van der Waals surface area contributed by atoms with Crippen molar-refractivity contribution >= 4 is 5.91 Å². The van der Waals surface area contributed by atoms with Gasteiger partial charge in [0.15, 0.2) is 17.2 Å². The molecule has 2 heterocycles. The van der Waals surface area contributed by atoms with Crippen LogP contribution in [0.15, 0.2) is 18.2 Å². The molecule has 3 N–H and O–H groups in total. The fourth-order valence-corrected chi connectivity index (χ4v) is 3.86. The lowest BCUT2D eigenvalue weighted by molar-refractivity contribution is 0.0902. The zero-order valence-electron chi connectivity index (χ0n) is 15.5. The molecule has 1 fully saturated rings. The molecule has 0 radical (unpaired) electrons. The average Bonchev–Trinajstić information content (AvgIpc) is 3.09. The summed E-state index contributed by atoms with van der Waals surface area (Å²) < 4.78 is 12.8. The zero-order chi connectivity index (χ0) is 18.8. The van der Waals surface area contributed by atoms with Crippen LogP contribution in [0.5, 0.6) is 11.5 Å². The van der Waals surface area contributed by atoms with E-state index in [1.807, 2.05) is 25.1 Å². The Hall–Kier alpha value is -2.61. The highest BCUT2D eigenvalue weighted by molar-refractivity contribution is 5.93. The number of benzene rings is 1. The van der Waals surface area contributed by atoms with E-state index in [-0.39, 0.29) is 11.9 Å². The van der Waals surface area contributed by atoms with Crippen molar-refractivity contribution in [1.82, 2.24) is 20.3 Å². The summed E-state index contributed by atoms with van der Waals surface area (Å²) in [6.45, 7) is 3.49. The van der Waals surface area contributed by atoms with Gasteiger partial charge in [0.25, 0.3) is 5.91 Å². The molecular formula is C19H25N5O3. The summed E-state index contributed by atoms with van der Waals surface area (Å²) in [5.41, 5.74) is 7.67. The molecule has 0 bridgehead atoms. The van der Waals surface area contributed by atoms with Crippen LogP contribution in [-0.4, -0.2) is 46.7 Å². The highest BCUT2D eigenvalue weighted by atomic mass is 16.6. The second-order valence-corrected chi connectivity index (χ2v) is 7.12. The number of hydrogen-bond acceptors (Lipinski definition) is 6. The van der Waals surface area contributed by atoms with Gasteiger partial charge in [-0.15, -0.1) is 5.10 Å². The summed E-state index contributed by atoms with van der Waals surface area (Å²) in [7, 11) is 0. The van der Waals surface area contributed by atoms with Crippen molar-refractivity contribution in [3.05, 3.63) is 29.6 Å². The van der Waals surface area contributed by atoms with Crippen LogP contribution in [-0.2, 0) is 0 Å². The van der Waals surface area contributed by atoms with Gasteiger partial charge in [-0.05, 0) is 44.4 Å². The van der Waals surface area contributed by atoms with Crippen LogP contribution in [0.1, 0.15) is 41.9 Å². The Labute approximate surface area is 158 Å². The smallest absolute Gasteiger partial charge is 0.273 e. The maximum absolute atomic E-state index is 12.8. The molecule has 2 aromatic rings. The third kappa shape index (κ3) is 3.49. The Balaban J connectivity index is 1.54. The second-order valence-electron chi connectivity index (χ2n) is 7.12. The number of carbonyl (C=O) groups is 1. The molecule has 1 aromatic heterocycles. The van der Waals surface area contributed by atoms with Crippen molar-refractivity contribution in [3.8, 4) is 17.2 Å². The van der Waals surface area contributed by atoms with Crippen LogP contribution >= 0.6 is 0 Å². The monoisotopic (exact) mass is 371 g/mol. The van der Waals surface area contributed by atoms with E-state index in [0.29, 0.717) is 48.6 Å². The molecular weight excluding hydrogens is 346 g/mol. The second kappa shape index (κ2) is 7.56. The van der Waals surface area contributed by atoms with Gasteiger partial charge < -0.3 is 20.5 Å². The van der Waals surface area contributed by atoms with Gasteiger partial charge in [-0.3, -0.25) is 4.79 Å². The molecule has 27 heavy (non-hydrogen) atoms. The number of amides is 1. The lowest BCUT2D eigenvalue weighted by Gasteiger charge is -2.31. The first-order chi connectivity index (χ1) is 13.2. The van der Waals surface area contributed by atoms with E-state index in [4.69, 9.17) is 15.2 Å². The van der Waals surface area contributed by atoms with Crippen LogP contribution in [0, 0.1) is 12.8 Å². The summed E-state index contributed by atoms with van der Waals surface area (Å²) in [5.74, 6) is 1.52. The van der Waals surface area contributed by atoms with Crippen LogP contribution in [0.4, 0.5) is 0 Å². The van der Waals surface area contributed by atoms with Crippen LogP contribution in [0.3, 0.4) is 0 Å². The van der Waals surface area contributed by atoms with Crippen LogP contribution in [0.2, 0.25) is 0 Å². The van der Waals surface area contributed by atoms with E-state index >= 15 is 0 Å². The number of rotatable bonds is 4. The zero-order valence-corrected chi connectivity index (χ0v) is 15.5. The van der Waals surface area contributed by atoms with Gasteiger partial charge in [0.05, 0.1) is 11.4 Å². The van der Waals surface area contributed by atoms with E-state index in [1.54, 1.807) is 4.68 Å². The quantitative estimate of drug-likeness (QED) is 0.846. The molecule has 2 unspecified atom stereocenters. The minimum atomic E-state index is -0.193. The lowest BCUT2D eigenvalue weighted by atomic mass is 9.84. The van der Waals surface area contributed by atoms with Gasteiger partial charge in [0, 0.05) is 12.1 Å². The molecule has 1 amide bonds. The van der Waals surface area contributed by atoms with Gasteiger partial charge >= 0.3 is 0 Å². The van der Waals surface area contributed by atoms with Crippen molar-refractivity contribution in [2.75, 3.05) is 19.8 Å². The standard InChI is InChI=1S/C19H25N5O3/c1-12-18(19(25)21-15-5-3-2-4-13(15)11-20)22-23-24(12)14-6-7-16-17(10-14)27-9-8-26-16/h6-7,10,13,15H,2-5,8-9,11,20H2,1H3,(H,21,25). The van der Waals surface area contributed by atoms with E-state index in [9.17, 15) is 4.79 Å². The summed E-state index contributed by atoms with van der Waals surface area (Å²) in [4.78, 5) is 12.8.